The highest BCUT2D eigenvalue weighted by molar-refractivity contribution is 5.00. The summed E-state index contributed by atoms with van der Waals surface area (Å²) in [5.74, 6) is 7.43. The molecule has 0 aromatic heterocycles. The summed E-state index contributed by atoms with van der Waals surface area (Å²) < 4.78 is 0. The fraction of sp³-hybridized carbons (Fsp3) is 1.00. The van der Waals surface area contributed by atoms with E-state index in [2.05, 4.69) is 0 Å². The molecule has 2 heteroatoms. The molecule has 0 aliphatic heterocycles. The molecule has 0 atom stereocenters. The summed E-state index contributed by atoms with van der Waals surface area (Å²) in [4.78, 5) is 12.5. The topological polar surface area (TPSA) is 18.5 Å². The van der Waals surface area contributed by atoms with Crippen LogP contribution in [0.2, 0.25) is 0 Å². The maximum atomic E-state index is 6.24. The quantitative estimate of drug-likeness (QED) is 0.561. The maximum absolute atomic E-state index is 6.24. The van der Waals surface area contributed by atoms with Crippen molar-refractivity contribution < 1.29 is 9.78 Å². The number of hydrogen-bond donors (Lipinski definition) is 0. The molecule has 0 aromatic rings. The zero-order valence-electron chi connectivity index (χ0n) is 13.7. The highest BCUT2D eigenvalue weighted by Gasteiger charge is 2.52. The van der Waals surface area contributed by atoms with Gasteiger partial charge in [0.05, 0.1) is 12.2 Å². The highest BCUT2D eigenvalue weighted by atomic mass is 17.2. The van der Waals surface area contributed by atoms with E-state index in [0.29, 0.717) is 12.2 Å². The van der Waals surface area contributed by atoms with Crippen LogP contribution in [0.15, 0.2) is 0 Å². The van der Waals surface area contributed by atoms with Gasteiger partial charge in [-0.1, -0.05) is 0 Å². The molecule has 0 unspecified atom stereocenters. The summed E-state index contributed by atoms with van der Waals surface area (Å²) in [7, 11) is 0. The van der Waals surface area contributed by atoms with Gasteiger partial charge in [-0.3, -0.25) is 0 Å². The van der Waals surface area contributed by atoms with Gasteiger partial charge in [0.25, 0.3) is 0 Å². The molecule has 0 heterocycles. The van der Waals surface area contributed by atoms with E-state index in [-0.39, 0.29) is 0 Å². The van der Waals surface area contributed by atoms with Crippen molar-refractivity contribution in [1.29, 1.82) is 0 Å². The van der Waals surface area contributed by atoms with E-state index in [1.54, 1.807) is 0 Å². The molecule has 8 saturated carbocycles. The molecule has 122 valence electrons. The van der Waals surface area contributed by atoms with Gasteiger partial charge in [0.2, 0.25) is 0 Å². The van der Waals surface area contributed by atoms with Crippen molar-refractivity contribution in [1.82, 2.24) is 0 Å². The summed E-state index contributed by atoms with van der Waals surface area (Å²) in [6.45, 7) is 0. The normalized spacial score (nSPS) is 61.1. The SMILES string of the molecule is C1C2CC3CC1CC(C2)C3OOC1C2CC3CC(C2)CC1C3. The zero-order valence-corrected chi connectivity index (χ0v) is 13.7. The lowest BCUT2D eigenvalue weighted by molar-refractivity contribution is -0.404. The van der Waals surface area contributed by atoms with Crippen molar-refractivity contribution in [2.45, 2.75) is 76.4 Å². The largest absolute Gasteiger partial charge is 0.233 e. The fourth-order valence-electron chi connectivity index (χ4n) is 8.19. The zero-order chi connectivity index (χ0) is 14.3. The van der Waals surface area contributed by atoms with Gasteiger partial charge in [0.1, 0.15) is 0 Å². The van der Waals surface area contributed by atoms with Crippen molar-refractivity contribution in [3.05, 3.63) is 0 Å². The third kappa shape index (κ3) is 1.92. The van der Waals surface area contributed by atoms with Crippen LogP contribution in [-0.2, 0) is 9.78 Å². The average Bonchev–Trinajstić information content (AvgIpc) is 2.47. The Balaban J connectivity index is 1.14. The second-order valence-electron chi connectivity index (χ2n) is 9.98. The molecule has 8 bridgehead atoms. The van der Waals surface area contributed by atoms with Crippen molar-refractivity contribution in [3.63, 3.8) is 0 Å². The third-order valence-electron chi connectivity index (χ3n) is 8.56. The molecule has 0 aromatic carbocycles. The molecule has 0 N–H and O–H groups in total. The minimum atomic E-state index is 0.449. The lowest BCUT2D eigenvalue weighted by atomic mass is 9.55. The predicted molar refractivity (Wildman–Crippen MR) is 83.8 cm³/mol. The predicted octanol–water partition coefficient (Wildman–Crippen LogP) is 4.58. The van der Waals surface area contributed by atoms with Gasteiger partial charge in [0.15, 0.2) is 0 Å². The minimum absolute atomic E-state index is 0.449. The van der Waals surface area contributed by atoms with E-state index in [0.717, 1.165) is 47.3 Å². The Morgan fingerprint density at radius 3 is 0.909 bits per heavy atom. The molecular formula is C20H30O2. The van der Waals surface area contributed by atoms with Gasteiger partial charge in [-0.15, -0.1) is 0 Å². The van der Waals surface area contributed by atoms with E-state index in [1.165, 1.54) is 64.2 Å². The Morgan fingerprint density at radius 1 is 0.364 bits per heavy atom. The Labute approximate surface area is 134 Å². The van der Waals surface area contributed by atoms with Crippen LogP contribution in [0.4, 0.5) is 0 Å². The molecule has 0 amide bonds. The Kier molecular flexibility index (Phi) is 2.84. The van der Waals surface area contributed by atoms with Crippen LogP contribution in [0.25, 0.3) is 0 Å². The molecule has 2 nitrogen and oxygen atoms in total. The average molecular weight is 302 g/mol. The van der Waals surface area contributed by atoms with E-state index in [1.807, 2.05) is 0 Å². The minimum Gasteiger partial charge on any atom is -0.233 e. The molecule has 8 fully saturated rings. The number of rotatable bonds is 3. The molecule has 0 saturated heterocycles. The Hall–Kier alpha value is -0.0800. The van der Waals surface area contributed by atoms with E-state index in [9.17, 15) is 0 Å². The maximum Gasteiger partial charge on any atom is 0.0986 e. The van der Waals surface area contributed by atoms with Crippen LogP contribution < -0.4 is 0 Å². The molecule has 0 spiro atoms. The van der Waals surface area contributed by atoms with Gasteiger partial charge in [-0.2, -0.15) is 0 Å². The second kappa shape index (κ2) is 4.72. The van der Waals surface area contributed by atoms with Gasteiger partial charge >= 0.3 is 0 Å². The molecule has 0 radical (unpaired) electrons. The van der Waals surface area contributed by atoms with E-state index < -0.39 is 0 Å². The molecule has 8 aliphatic carbocycles. The summed E-state index contributed by atoms with van der Waals surface area (Å²) in [5, 5.41) is 0. The van der Waals surface area contributed by atoms with Crippen LogP contribution in [0.1, 0.15) is 64.2 Å². The van der Waals surface area contributed by atoms with Gasteiger partial charge in [0, 0.05) is 0 Å². The monoisotopic (exact) mass is 302 g/mol. The van der Waals surface area contributed by atoms with Crippen molar-refractivity contribution >= 4 is 0 Å². The summed E-state index contributed by atoms with van der Waals surface area (Å²) >= 11 is 0. The van der Waals surface area contributed by atoms with E-state index >= 15 is 0 Å². The first kappa shape index (κ1) is 13.2. The van der Waals surface area contributed by atoms with E-state index in [4.69, 9.17) is 9.78 Å². The summed E-state index contributed by atoms with van der Waals surface area (Å²) in [6.07, 6.45) is 15.4. The van der Waals surface area contributed by atoms with Gasteiger partial charge in [-0.05, 0) is 112 Å². The summed E-state index contributed by atoms with van der Waals surface area (Å²) in [5.41, 5.74) is 0. The smallest absolute Gasteiger partial charge is 0.0986 e. The number of hydrogen-bond acceptors (Lipinski definition) is 2. The van der Waals surface area contributed by atoms with Crippen molar-refractivity contribution in [2.75, 3.05) is 0 Å². The van der Waals surface area contributed by atoms with Crippen LogP contribution in [0, 0.1) is 47.3 Å². The Bertz CT molecular complexity index is 361. The van der Waals surface area contributed by atoms with Crippen LogP contribution in [0.5, 0.6) is 0 Å². The van der Waals surface area contributed by atoms with Crippen LogP contribution in [-0.4, -0.2) is 12.2 Å². The third-order valence-corrected chi connectivity index (χ3v) is 8.56. The Morgan fingerprint density at radius 2 is 0.636 bits per heavy atom. The van der Waals surface area contributed by atoms with Crippen molar-refractivity contribution in [3.8, 4) is 0 Å². The van der Waals surface area contributed by atoms with Crippen LogP contribution >= 0.6 is 0 Å². The second-order valence-corrected chi connectivity index (χ2v) is 9.98. The van der Waals surface area contributed by atoms with Crippen molar-refractivity contribution in [2.24, 2.45) is 47.3 Å². The molecule has 8 rings (SSSR count). The van der Waals surface area contributed by atoms with Gasteiger partial charge in [-0.25, -0.2) is 9.78 Å². The highest BCUT2D eigenvalue weighted by Crippen LogP contribution is 2.57. The van der Waals surface area contributed by atoms with Crippen LogP contribution in [0.3, 0.4) is 0 Å². The van der Waals surface area contributed by atoms with Gasteiger partial charge < -0.3 is 0 Å². The summed E-state index contributed by atoms with van der Waals surface area (Å²) in [6, 6.07) is 0. The first-order valence-electron chi connectivity index (χ1n) is 10.1. The first-order valence-corrected chi connectivity index (χ1v) is 10.1. The molecule has 22 heavy (non-hydrogen) atoms. The molecule has 8 aliphatic rings. The first-order chi connectivity index (χ1) is 10.8. The molecular weight excluding hydrogens is 272 g/mol. The fourth-order valence-corrected chi connectivity index (χ4v) is 8.19. The lowest BCUT2D eigenvalue weighted by Gasteiger charge is -2.55. The lowest BCUT2D eigenvalue weighted by Crippen LogP contribution is -2.52. The standard InChI is InChI=1S/C20H30O2/c1-11-3-15-5-12(1)6-16(4-11)19(15)21-22-20-17-7-13-2-14(9-17)10-18(20)8-13/h11-20H,1-10H2.